The van der Waals surface area contributed by atoms with Gasteiger partial charge in [-0.2, -0.15) is 0 Å². The monoisotopic (exact) mass is 366 g/mol. The van der Waals surface area contributed by atoms with Crippen molar-refractivity contribution in [2.45, 2.75) is 32.9 Å². The standard InChI is InChI=1S/C22H26N2O3/c1-16-4-2-5-18(10-16)13-24-9-3-6-19(14-24)22(25)23-12-17-7-8-20-21(11-17)27-15-26-20/h2,4-5,7-8,10-11,19H,3,6,9,12-15H2,1H3,(H,23,25). The van der Waals surface area contributed by atoms with Gasteiger partial charge in [-0.15, -0.1) is 0 Å². The highest BCUT2D eigenvalue weighted by atomic mass is 16.7. The Morgan fingerprint density at radius 2 is 2.04 bits per heavy atom. The summed E-state index contributed by atoms with van der Waals surface area (Å²) < 4.78 is 10.7. The third-order valence-corrected chi connectivity index (χ3v) is 5.27. The first-order chi connectivity index (χ1) is 13.2. The Balaban J connectivity index is 1.30. The van der Waals surface area contributed by atoms with Gasteiger partial charge in [0.25, 0.3) is 0 Å². The summed E-state index contributed by atoms with van der Waals surface area (Å²) in [6, 6.07) is 14.4. The van der Waals surface area contributed by atoms with Crippen molar-refractivity contribution >= 4 is 5.91 Å². The molecule has 0 radical (unpaired) electrons. The first kappa shape index (κ1) is 17.9. The van der Waals surface area contributed by atoms with Crippen molar-refractivity contribution in [3.63, 3.8) is 0 Å². The molecule has 0 bridgehead atoms. The summed E-state index contributed by atoms with van der Waals surface area (Å²) in [4.78, 5) is 15.1. The van der Waals surface area contributed by atoms with Crippen LogP contribution in [0.4, 0.5) is 0 Å². The normalized spacial score (nSPS) is 19.1. The molecule has 2 aromatic carbocycles. The molecule has 27 heavy (non-hydrogen) atoms. The zero-order valence-corrected chi connectivity index (χ0v) is 15.7. The molecular formula is C22H26N2O3. The third-order valence-electron chi connectivity index (χ3n) is 5.27. The van der Waals surface area contributed by atoms with Crippen LogP contribution in [0.2, 0.25) is 0 Å². The number of likely N-dealkylation sites (tertiary alicyclic amines) is 1. The van der Waals surface area contributed by atoms with Crippen molar-refractivity contribution in [1.29, 1.82) is 0 Å². The summed E-state index contributed by atoms with van der Waals surface area (Å²) in [5.41, 5.74) is 3.62. The van der Waals surface area contributed by atoms with Gasteiger partial charge in [0.2, 0.25) is 12.7 Å². The quantitative estimate of drug-likeness (QED) is 0.883. The number of benzene rings is 2. The van der Waals surface area contributed by atoms with E-state index >= 15 is 0 Å². The van der Waals surface area contributed by atoms with Crippen LogP contribution in [0.25, 0.3) is 0 Å². The number of hydrogen-bond donors (Lipinski definition) is 1. The van der Waals surface area contributed by atoms with Crippen LogP contribution in [0.1, 0.15) is 29.5 Å². The fraction of sp³-hybridized carbons (Fsp3) is 0.409. The largest absolute Gasteiger partial charge is 0.454 e. The average molecular weight is 366 g/mol. The zero-order chi connectivity index (χ0) is 18.6. The Morgan fingerprint density at radius 3 is 2.93 bits per heavy atom. The van der Waals surface area contributed by atoms with Crippen molar-refractivity contribution in [3.05, 3.63) is 59.2 Å². The van der Waals surface area contributed by atoms with Gasteiger partial charge in [-0.25, -0.2) is 0 Å². The molecule has 1 unspecified atom stereocenters. The minimum absolute atomic E-state index is 0.0533. The number of carbonyl (C=O) groups excluding carboxylic acids is 1. The lowest BCUT2D eigenvalue weighted by molar-refractivity contribution is -0.126. The molecule has 1 amide bonds. The van der Waals surface area contributed by atoms with E-state index in [1.54, 1.807) is 0 Å². The van der Waals surface area contributed by atoms with Crippen molar-refractivity contribution in [1.82, 2.24) is 10.2 Å². The summed E-state index contributed by atoms with van der Waals surface area (Å²) in [5, 5.41) is 3.09. The lowest BCUT2D eigenvalue weighted by Gasteiger charge is -2.32. The Labute approximate surface area is 160 Å². The Morgan fingerprint density at radius 1 is 1.15 bits per heavy atom. The van der Waals surface area contributed by atoms with Crippen LogP contribution in [-0.2, 0) is 17.9 Å². The maximum atomic E-state index is 12.7. The van der Waals surface area contributed by atoms with Crippen molar-refractivity contribution in [3.8, 4) is 11.5 Å². The number of aryl methyl sites for hydroxylation is 1. The van der Waals surface area contributed by atoms with E-state index in [0.29, 0.717) is 6.54 Å². The number of fused-ring (bicyclic) bond motifs is 1. The molecule has 1 fully saturated rings. The molecule has 1 saturated heterocycles. The van der Waals surface area contributed by atoms with E-state index in [0.717, 1.165) is 49.5 Å². The van der Waals surface area contributed by atoms with Crippen molar-refractivity contribution in [2.24, 2.45) is 5.92 Å². The molecule has 0 aromatic heterocycles. The fourth-order valence-electron chi connectivity index (χ4n) is 3.87. The first-order valence-corrected chi connectivity index (χ1v) is 9.61. The molecule has 2 aliphatic heterocycles. The van der Waals surface area contributed by atoms with Gasteiger partial charge in [-0.3, -0.25) is 9.69 Å². The van der Waals surface area contributed by atoms with Gasteiger partial charge in [-0.1, -0.05) is 35.9 Å². The molecule has 2 aliphatic rings. The van der Waals surface area contributed by atoms with Crippen LogP contribution in [0.15, 0.2) is 42.5 Å². The summed E-state index contributed by atoms with van der Waals surface area (Å²) in [5.74, 6) is 1.71. The Hall–Kier alpha value is -2.53. The fourth-order valence-corrected chi connectivity index (χ4v) is 3.87. The van der Waals surface area contributed by atoms with Crippen molar-refractivity contribution in [2.75, 3.05) is 19.9 Å². The number of hydrogen-bond acceptors (Lipinski definition) is 4. The number of amides is 1. The molecule has 0 spiro atoms. The van der Waals surface area contributed by atoms with E-state index in [4.69, 9.17) is 9.47 Å². The van der Waals surface area contributed by atoms with Crippen LogP contribution >= 0.6 is 0 Å². The van der Waals surface area contributed by atoms with Crippen LogP contribution in [-0.4, -0.2) is 30.7 Å². The second-order valence-electron chi connectivity index (χ2n) is 7.47. The van der Waals surface area contributed by atoms with Gasteiger partial charge in [0.1, 0.15) is 0 Å². The molecule has 4 rings (SSSR count). The molecule has 1 atom stereocenters. The van der Waals surface area contributed by atoms with Crippen LogP contribution in [0.5, 0.6) is 11.5 Å². The maximum Gasteiger partial charge on any atom is 0.231 e. The zero-order valence-electron chi connectivity index (χ0n) is 15.7. The maximum absolute atomic E-state index is 12.7. The number of ether oxygens (including phenoxy) is 2. The van der Waals surface area contributed by atoms with Gasteiger partial charge in [0.05, 0.1) is 5.92 Å². The van der Waals surface area contributed by atoms with E-state index in [9.17, 15) is 4.79 Å². The van der Waals surface area contributed by atoms with Gasteiger partial charge in [-0.05, 0) is 49.6 Å². The summed E-state index contributed by atoms with van der Waals surface area (Å²) in [6.07, 6.45) is 2.02. The molecule has 5 nitrogen and oxygen atoms in total. The molecule has 2 heterocycles. The molecule has 142 valence electrons. The molecular weight excluding hydrogens is 340 g/mol. The van der Waals surface area contributed by atoms with E-state index in [1.807, 2.05) is 18.2 Å². The van der Waals surface area contributed by atoms with E-state index in [1.165, 1.54) is 11.1 Å². The lowest BCUT2D eigenvalue weighted by Crippen LogP contribution is -2.42. The van der Waals surface area contributed by atoms with Crippen LogP contribution in [0.3, 0.4) is 0 Å². The second kappa shape index (κ2) is 8.01. The van der Waals surface area contributed by atoms with Crippen molar-refractivity contribution < 1.29 is 14.3 Å². The smallest absolute Gasteiger partial charge is 0.231 e. The van der Waals surface area contributed by atoms with E-state index < -0.39 is 0 Å². The summed E-state index contributed by atoms with van der Waals surface area (Å²) >= 11 is 0. The van der Waals surface area contributed by atoms with Gasteiger partial charge in [0.15, 0.2) is 11.5 Å². The summed E-state index contributed by atoms with van der Waals surface area (Å²) in [7, 11) is 0. The van der Waals surface area contributed by atoms with Crippen LogP contribution in [0, 0.1) is 12.8 Å². The topological polar surface area (TPSA) is 50.8 Å². The minimum atomic E-state index is 0.0533. The number of nitrogens with one attached hydrogen (secondary N) is 1. The molecule has 1 N–H and O–H groups in total. The predicted molar refractivity (Wildman–Crippen MR) is 104 cm³/mol. The highest BCUT2D eigenvalue weighted by Crippen LogP contribution is 2.32. The third kappa shape index (κ3) is 4.42. The predicted octanol–water partition coefficient (Wildman–Crippen LogP) is 3.25. The molecule has 0 aliphatic carbocycles. The SMILES string of the molecule is Cc1cccc(CN2CCCC(C(=O)NCc3ccc4c(c3)OCO4)C2)c1. The lowest BCUT2D eigenvalue weighted by atomic mass is 9.96. The van der Waals surface area contributed by atoms with Crippen LogP contribution < -0.4 is 14.8 Å². The average Bonchev–Trinajstić information content (AvgIpc) is 3.14. The number of piperidine rings is 1. The van der Waals surface area contributed by atoms with E-state index in [-0.39, 0.29) is 18.6 Å². The number of carbonyl (C=O) groups is 1. The minimum Gasteiger partial charge on any atom is -0.454 e. The number of rotatable bonds is 5. The number of nitrogens with zero attached hydrogens (tertiary/aromatic N) is 1. The van der Waals surface area contributed by atoms with E-state index in [2.05, 4.69) is 41.4 Å². The van der Waals surface area contributed by atoms with Gasteiger partial charge < -0.3 is 14.8 Å². The highest BCUT2D eigenvalue weighted by Gasteiger charge is 2.25. The Kier molecular flexibility index (Phi) is 5.30. The van der Waals surface area contributed by atoms with Gasteiger partial charge >= 0.3 is 0 Å². The van der Waals surface area contributed by atoms with Gasteiger partial charge in [0, 0.05) is 19.6 Å². The molecule has 5 heteroatoms. The second-order valence-corrected chi connectivity index (χ2v) is 7.47. The molecule has 2 aromatic rings. The summed E-state index contributed by atoms with van der Waals surface area (Å²) in [6.45, 7) is 5.69. The highest BCUT2D eigenvalue weighted by molar-refractivity contribution is 5.79. The Bertz CT molecular complexity index is 821. The first-order valence-electron chi connectivity index (χ1n) is 9.61. The molecule has 0 saturated carbocycles.